The van der Waals surface area contributed by atoms with E-state index < -0.39 is 12.1 Å². The Bertz CT molecular complexity index is 511. The highest BCUT2D eigenvalue weighted by Gasteiger charge is 2.20. The summed E-state index contributed by atoms with van der Waals surface area (Å²) in [7, 11) is 1.47. The molecule has 0 bridgehead atoms. The molecule has 20 heavy (non-hydrogen) atoms. The van der Waals surface area contributed by atoms with E-state index in [-0.39, 0.29) is 5.91 Å². The Hall–Kier alpha value is -2.30. The Morgan fingerprint density at radius 1 is 1.45 bits per heavy atom. The van der Waals surface area contributed by atoms with Crippen LogP contribution in [0.2, 0.25) is 0 Å². The normalized spacial score (nSPS) is 11.3. The van der Waals surface area contributed by atoms with Crippen molar-refractivity contribution >= 4 is 11.9 Å². The van der Waals surface area contributed by atoms with Crippen LogP contribution in [-0.4, -0.2) is 31.6 Å². The quantitative estimate of drug-likeness (QED) is 0.636. The molecule has 0 fully saturated rings. The minimum absolute atomic E-state index is 0.302. The van der Waals surface area contributed by atoms with Crippen molar-refractivity contribution < 1.29 is 19.1 Å². The summed E-state index contributed by atoms with van der Waals surface area (Å²) in [6, 6.07) is 5.18. The Morgan fingerprint density at radius 2 is 2.15 bits per heavy atom. The van der Waals surface area contributed by atoms with Gasteiger partial charge in [0, 0.05) is 6.54 Å². The molecule has 0 unspecified atom stereocenters. The van der Waals surface area contributed by atoms with Gasteiger partial charge in [0.1, 0.15) is 11.3 Å². The molecule has 0 aliphatic rings. The van der Waals surface area contributed by atoms with Crippen LogP contribution in [0.1, 0.15) is 22.8 Å². The van der Waals surface area contributed by atoms with Gasteiger partial charge in [0.25, 0.3) is 5.91 Å². The molecule has 0 saturated heterocycles. The van der Waals surface area contributed by atoms with Crippen molar-refractivity contribution in [1.29, 1.82) is 0 Å². The van der Waals surface area contributed by atoms with Gasteiger partial charge in [0.2, 0.25) is 0 Å². The number of ether oxygens (including phenoxy) is 2. The van der Waals surface area contributed by atoms with E-state index in [2.05, 4.69) is 11.9 Å². The second-order valence-corrected chi connectivity index (χ2v) is 4.29. The van der Waals surface area contributed by atoms with Crippen LogP contribution in [0.25, 0.3) is 0 Å². The molecule has 0 radical (unpaired) electrons. The Labute approximate surface area is 118 Å². The van der Waals surface area contributed by atoms with Crippen LogP contribution in [0.5, 0.6) is 5.75 Å². The van der Waals surface area contributed by atoms with Crippen LogP contribution in [0, 0.1) is 6.92 Å². The number of carbonyl (C=O) groups excluding carboxylic acids is 2. The van der Waals surface area contributed by atoms with E-state index in [0.717, 1.165) is 5.56 Å². The number of amides is 1. The number of hydrogen-bond acceptors (Lipinski definition) is 4. The lowest BCUT2D eigenvalue weighted by Crippen LogP contribution is -2.35. The summed E-state index contributed by atoms with van der Waals surface area (Å²) in [5.41, 5.74) is 1.21. The molecule has 0 heterocycles. The van der Waals surface area contributed by atoms with Crippen molar-refractivity contribution in [1.82, 2.24) is 5.32 Å². The van der Waals surface area contributed by atoms with E-state index in [1.807, 2.05) is 13.0 Å². The van der Waals surface area contributed by atoms with Gasteiger partial charge in [-0.15, -0.1) is 6.58 Å². The lowest BCUT2D eigenvalue weighted by Gasteiger charge is -2.14. The maximum absolute atomic E-state index is 12.1. The highest BCUT2D eigenvalue weighted by atomic mass is 16.5. The van der Waals surface area contributed by atoms with E-state index in [1.165, 1.54) is 14.0 Å². The lowest BCUT2D eigenvalue weighted by atomic mass is 10.1. The second-order valence-electron chi connectivity index (χ2n) is 4.29. The van der Waals surface area contributed by atoms with Crippen LogP contribution in [0.15, 0.2) is 30.9 Å². The van der Waals surface area contributed by atoms with Gasteiger partial charge in [-0.25, -0.2) is 4.79 Å². The third-order valence-corrected chi connectivity index (χ3v) is 2.65. The van der Waals surface area contributed by atoms with Crippen LogP contribution in [-0.2, 0) is 9.53 Å². The third-order valence-electron chi connectivity index (χ3n) is 2.65. The lowest BCUT2D eigenvalue weighted by molar-refractivity contribution is -0.128. The molecule has 5 heteroatoms. The molecule has 0 aliphatic heterocycles. The van der Waals surface area contributed by atoms with Crippen LogP contribution < -0.4 is 10.1 Å². The predicted molar refractivity (Wildman–Crippen MR) is 75.8 cm³/mol. The van der Waals surface area contributed by atoms with Gasteiger partial charge in [-0.05, 0) is 26.0 Å². The van der Waals surface area contributed by atoms with Crippen molar-refractivity contribution in [3.63, 3.8) is 0 Å². The number of rotatable bonds is 6. The average Bonchev–Trinajstić information content (AvgIpc) is 2.44. The van der Waals surface area contributed by atoms with Gasteiger partial charge >= 0.3 is 5.97 Å². The summed E-state index contributed by atoms with van der Waals surface area (Å²) < 4.78 is 10.2. The maximum Gasteiger partial charge on any atom is 0.342 e. The smallest absolute Gasteiger partial charge is 0.342 e. The maximum atomic E-state index is 12.1. The first-order valence-electron chi connectivity index (χ1n) is 6.23. The zero-order chi connectivity index (χ0) is 15.1. The molecule has 1 rings (SSSR count). The Balaban J connectivity index is 2.78. The van der Waals surface area contributed by atoms with Crippen LogP contribution in [0.3, 0.4) is 0 Å². The van der Waals surface area contributed by atoms with Gasteiger partial charge in [0.15, 0.2) is 6.10 Å². The van der Waals surface area contributed by atoms with Gasteiger partial charge in [-0.3, -0.25) is 4.79 Å². The molecular formula is C15H19NO4. The minimum Gasteiger partial charge on any atom is -0.496 e. The molecular weight excluding hydrogens is 258 g/mol. The zero-order valence-corrected chi connectivity index (χ0v) is 11.9. The highest BCUT2D eigenvalue weighted by Crippen LogP contribution is 2.21. The summed E-state index contributed by atoms with van der Waals surface area (Å²) in [5, 5.41) is 2.56. The minimum atomic E-state index is -0.882. The summed E-state index contributed by atoms with van der Waals surface area (Å²) in [6.07, 6.45) is 0.670. The van der Waals surface area contributed by atoms with E-state index >= 15 is 0 Å². The van der Waals surface area contributed by atoms with E-state index in [9.17, 15) is 9.59 Å². The summed E-state index contributed by atoms with van der Waals surface area (Å²) in [5.74, 6) is -0.545. The molecule has 0 spiro atoms. The number of nitrogens with one attached hydrogen (secondary N) is 1. The van der Waals surface area contributed by atoms with Gasteiger partial charge in [0.05, 0.1) is 7.11 Å². The summed E-state index contributed by atoms with van der Waals surface area (Å²) >= 11 is 0. The highest BCUT2D eigenvalue weighted by molar-refractivity contribution is 5.94. The third kappa shape index (κ3) is 4.12. The van der Waals surface area contributed by atoms with Gasteiger partial charge < -0.3 is 14.8 Å². The number of hydrogen-bond donors (Lipinski definition) is 1. The molecule has 0 aliphatic carbocycles. The molecule has 0 saturated carbocycles. The van der Waals surface area contributed by atoms with Gasteiger partial charge in [-0.2, -0.15) is 0 Å². The van der Waals surface area contributed by atoms with Crippen molar-refractivity contribution in [3.8, 4) is 5.75 Å². The Morgan fingerprint density at radius 3 is 2.75 bits per heavy atom. The Kier molecular flexibility index (Phi) is 5.77. The molecule has 1 N–H and O–H groups in total. The monoisotopic (exact) mass is 277 g/mol. The standard InChI is InChI=1S/C15H19NO4/c1-5-8-16-14(17)11(3)20-15(18)12-9-10(2)6-7-13(12)19-4/h5-7,9,11H,1,8H2,2-4H3,(H,16,17)/t11-/m1/s1. The summed E-state index contributed by atoms with van der Waals surface area (Å²) in [4.78, 5) is 23.7. The molecule has 1 aromatic rings. The fourth-order valence-corrected chi connectivity index (χ4v) is 1.58. The van der Waals surface area contributed by atoms with E-state index in [0.29, 0.717) is 17.9 Å². The number of carbonyl (C=O) groups is 2. The van der Waals surface area contributed by atoms with E-state index in [1.54, 1.807) is 18.2 Å². The SMILES string of the molecule is C=CCNC(=O)[C@@H](C)OC(=O)c1cc(C)ccc1OC. The number of methoxy groups -OCH3 is 1. The number of aryl methyl sites for hydroxylation is 1. The largest absolute Gasteiger partial charge is 0.496 e. The van der Waals surface area contributed by atoms with Crippen LogP contribution in [0.4, 0.5) is 0 Å². The zero-order valence-electron chi connectivity index (χ0n) is 11.9. The molecule has 1 amide bonds. The molecule has 1 aromatic carbocycles. The molecule has 0 aromatic heterocycles. The van der Waals surface area contributed by atoms with E-state index in [4.69, 9.17) is 9.47 Å². The predicted octanol–water partition coefficient (Wildman–Crippen LogP) is 1.85. The van der Waals surface area contributed by atoms with Crippen molar-refractivity contribution in [3.05, 3.63) is 42.0 Å². The number of benzene rings is 1. The summed E-state index contributed by atoms with van der Waals surface area (Å²) in [6.45, 7) is 7.19. The number of esters is 1. The van der Waals surface area contributed by atoms with Crippen molar-refractivity contribution in [2.45, 2.75) is 20.0 Å². The molecule has 108 valence electrons. The topological polar surface area (TPSA) is 64.6 Å². The second kappa shape index (κ2) is 7.33. The van der Waals surface area contributed by atoms with Crippen LogP contribution >= 0.6 is 0 Å². The molecule has 1 atom stereocenters. The van der Waals surface area contributed by atoms with Crippen molar-refractivity contribution in [2.24, 2.45) is 0 Å². The first-order valence-corrected chi connectivity index (χ1v) is 6.23. The first-order chi connectivity index (χ1) is 9.49. The fourth-order valence-electron chi connectivity index (χ4n) is 1.58. The first kappa shape index (κ1) is 15.8. The van der Waals surface area contributed by atoms with Gasteiger partial charge in [-0.1, -0.05) is 17.7 Å². The fraction of sp³-hybridized carbons (Fsp3) is 0.333. The molecule has 5 nitrogen and oxygen atoms in total. The van der Waals surface area contributed by atoms with Crippen molar-refractivity contribution in [2.75, 3.05) is 13.7 Å². The average molecular weight is 277 g/mol.